The second-order valence-electron chi connectivity index (χ2n) is 44.2. The molecular weight excluding hydrogens is 1910 g/mol. The third-order valence-corrected chi connectivity index (χ3v) is 31.9. The lowest BCUT2D eigenvalue weighted by Gasteiger charge is -2.46. The van der Waals surface area contributed by atoms with Gasteiger partial charge in [0.05, 0.1) is 115 Å². The van der Waals surface area contributed by atoms with Crippen LogP contribution in [0, 0.1) is 23.2 Å². The highest BCUT2D eigenvalue weighted by molar-refractivity contribution is 6.33. The number of nitrogens with zero attached hydrogens (tertiary/aromatic N) is 21. The van der Waals surface area contributed by atoms with E-state index in [1.54, 1.807) is 95.5 Å². The molecule has 3 N–H and O–H groups in total. The van der Waals surface area contributed by atoms with Crippen LogP contribution in [0.3, 0.4) is 0 Å². The first-order valence-corrected chi connectivity index (χ1v) is 52.1. The van der Waals surface area contributed by atoms with Crippen molar-refractivity contribution in [2.45, 2.75) is 164 Å². The predicted molar refractivity (Wildman–Crippen MR) is 575 cm³/mol. The van der Waals surface area contributed by atoms with Crippen LogP contribution in [0.5, 0.6) is 0 Å². The minimum Gasteiger partial charge on any atom is -0.378 e. The molecule has 3 aliphatic carbocycles. The van der Waals surface area contributed by atoms with Crippen molar-refractivity contribution in [3.8, 4) is 22.3 Å². The number of carbonyl (C=O) groups excluding carboxylic acids is 6. The Bertz CT molecular complexity index is 7130. The Kier molecular flexibility index (Phi) is 27.5. The van der Waals surface area contributed by atoms with Gasteiger partial charge in [-0.15, -0.1) is 0 Å². The van der Waals surface area contributed by atoms with Crippen LogP contribution in [0.4, 0.5) is 69.0 Å². The molecule has 0 saturated carbocycles. The van der Waals surface area contributed by atoms with Gasteiger partial charge in [0.1, 0.15) is 69.1 Å². The van der Waals surface area contributed by atoms with E-state index in [0.717, 1.165) is 172 Å². The zero-order valence-electron chi connectivity index (χ0n) is 86.8. The molecule has 21 heterocycles. The van der Waals surface area contributed by atoms with Crippen molar-refractivity contribution >= 4 is 117 Å². The minimum absolute atomic E-state index is 0.0591. The molecule has 0 unspecified atom stereocenters. The molecule has 776 valence electrons. The number of pyridine rings is 9. The molecule has 24 rings (SSSR count). The van der Waals surface area contributed by atoms with Gasteiger partial charge in [0.25, 0.3) is 34.4 Å². The van der Waals surface area contributed by atoms with Crippen LogP contribution in [0.25, 0.3) is 22.3 Å². The lowest BCUT2D eigenvalue weighted by Crippen LogP contribution is -2.59. The first kappa shape index (κ1) is 101. The smallest absolute Gasteiger partial charge is 0.276 e. The summed E-state index contributed by atoms with van der Waals surface area (Å²) in [6.07, 6.45) is 23.5. The van der Waals surface area contributed by atoms with Crippen LogP contribution in [-0.2, 0) is 93.5 Å². The Morgan fingerprint density at radius 2 is 0.685 bits per heavy atom. The molecule has 6 saturated heterocycles. The van der Waals surface area contributed by atoms with Crippen LogP contribution >= 0.6 is 11.6 Å². The lowest BCUT2D eigenvalue weighted by atomic mass is 9.90. The van der Waals surface area contributed by atoms with Crippen molar-refractivity contribution in [2.24, 2.45) is 37.4 Å². The zero-order valence-corrected chi connectivity index (χ0v) is 87.6. The van der Waals surface area contributed by atoms with Crippen molar-refractivity contribution < 1.29 is 43.0 Å². The van der Waals surface area contributed by atoms with Crippen LogP contribution in [0.1, 0.15) is 164 Å². The molecule has 36 nitrogen and oxygen atoms in total. The van der Waals surface area contributed by atoms with Gasteiger partial charge in [-0.25, -0.2) is 29.9 Å². The van der Waals surface area contributed by atoms with Crippen LogP contribution < -0.4 is 62.0 Å². The van der Waals surface area contributed by atoms with Crippen LogP contribution in [0.2, 0.25) is 5.02 Å². The topological polar surface area (TPSA) is 353 Å². The molecule has 0 spiro atoms. The fraction of sp³-hybridized carbons (Fsp3) is 0.438. The van der Waals surface area contributed by atoms with Crippen molar-refractivity contribution in [2.75, 3.05) is 164 Å². The standard InChI is InChI=1S/2C37H42N8O4.C20H27N5O2.C18H18ClN3O2/c2*1-23-18-42(27-21-49-22-27)9-10-43(23)26-5-6-33(39-17-26)40-30-13-25(19-41(4)35(30)47)28-7-8-38-34(29(28)20-46)45-12-11-44-31(36(45)48)14-24-15-37(2,3)16-32(24)44;1-14-8-18(20(26)23(3)10-14)22-19-5-4-16(9-21-19)25-7-6-24(11-15(25)2)17-12-27-13-17;1-18(2)8-11-7-14-17(24)22(6-5-21(14)15(11)9-18)16-12(10-23)13(19)3-4-20-16/h2*5-8,13-14,17,19-20,23,27H,9-12,15-16,18,21-22H2,1-4H3,(H,39,40);4-5,8-10,15,17H,6-7,11-13H2,1-3H3,(H,21,22);3-4,7,10H,5-6,8-9H2,1-2H3/t2*23-;15-;/m000./s1. The molecule has 37 heteroatoms. The average Bonchev–Trinajstić information content (AvgIpc) is 1.48. The van der Waals surface area contributed by atoms with Gasteiger partial charge >= 0.3 is 0 Å². The number of halogens is 1. The van der Waals surface area contributed by atoms with E-state index in [1.165, 1.54) is 49.1 Å². The van der Waals surface area contributed by atoms with Crippen molar-refractivity contribution in [3.63, 3.8) is 0 Å². The van der Waals surface area contributed by atoms with E-state index in [2.05, 4.69) is 157 Å². The van der Waals surface area contributed by atoms with Gasteiger partial charge in [-0.3, -0.25) is 72.6 Å². The molecule has 12 aromatic heterocycles. The Morgan fingerprint density at radius 3 is 0.987 bits per heavy atom. The second-order valence-corrected chi connectivity index (χ2v) is 44.6. The van der Waals surface area contributed by atoms with Gasteiger partial charge in [0.15, 0.2) is 18.9 Å². The monoisotopic (exact) mass is 2040 g/mol. The summed E-state index contributed by atoms with van der Waals surface area (Å²) in [5, 5.41) is 9.87. The largest absolute Gasteiger partial charge is 0.378 e. The maximum Gasteiger partial charge on any atom is 0.276 e. The first-order chi connectivity index (χ1) is 71.6. The van der Waals surface area contributed by atoms with E-state index in [-0.39, 0.29) is 56.2 Å². The lowest BCUT2D eigenvalue weighted by molar-refractivity contribution is -0.0691. The molecule has 9 aliphatic heterocycles. The van der Waals surface area contributed by atoms with E-state index in [1.807, 2.05) is 86.3 Å². The SMILES string of the molecule is CC1(C)Cc2cc3n(c2C1)CCN(c1nccc(Cl)c1C=O)C3=O.C[C@H]1CN(C2COC2)CCN1c1ccc(Nc2cc(-c3ccnc(N4CCn5c(cc6c5CC(C)(C)C6)C4=O)c3C=O)cn(C)c2=O)nc1.C[C@H]1CN(C2COC2)CCN1c1ccc(Nc2cc(-c3ccnc(N4CCn5c(cc6c5CC(C)(C)C6)C4=O)c3C=O)cn(C)c2=O)nc1.Cc1cc(Nc2ccc(N3CCN(C4COC4)C[C@@H]3C)cn2)c(=O)n(C)c1. The van der Waals surface area contributed by atoms with Crippen molar-refractivity contribution in [1.29, 1.82) is 0 Å². The molecule has 0 aromatic carbocycles. The quantitative estimate of drug-likeness (QED) is 0.0597. The number of aromatic nitrogens is 12. The van der Waals surface area contributed by atoms with Crippen LogP contribution in [0.15, 0.2) is 161 Å². The average molecular weight is 2040 g/mol. The molecule has 3 amide bonds. The number of hydrogen-bond acceptors (Lipinski definition) is 27. The fourth-order valence-electron chi connectivity index (χ4n) is 23.8. The maximum atomic E-state index is 13.8. The maximum absolute atomic E-state index is 13.8. The molecule has 149 heavy (non-hydrogen) atoms. The summed E-state index contributed by atoms with van der Waals surface area (Å²) in [5.41, 5.74) is 18.3. The normalized spacial score (nSPS) is 20.3. The summed E-state index contributed by atoms with van der Waals surface area (Å²) >= 11 is 6.07. The van der Waals surface area contributed by atoms with E-state index in [0.29, 0.717) is 189 Å². The summed E-state index contributed by atoms with van der Waals surface area (Å²) in [6, 6.07) is 31.0. The Morgan fingerprint density at radius 1 is 0.369 bits per heavy atom. The van der Waals surface area contributed by atoms with E-state index in [9.17, 15) is 43.2 Å². The van der Waals surface area contributed by atoms with Gasteiger partial charge in [-0.2, -0.15) is 0 Å². The number of amides is 3. The Hall–Kier alpha value is -14.1. The highest BCUT2D eigenvalue weighted by atomic mass is 35.5. The molecule has 3 atom stereocenters. The summed E-state index contributed by atoms with van der Waals surface area (Å²) in [4.78, 5) is 163. The summed E-state index contributed by atoms with van der Waals surface area (Å²) in [7, 11) is 5.11. The number of anilines is 12. The Balaban J connectivity index is 0.000000122. The molecule has 0 radical (unpaired) electrons. The molecule has 12 aliphatic rings. The van der Waals surface area contributed by atoms with Gasteiger partial charge in [0, 0.05) is 203 Å². The molecular formula is C112H129ClN24O12. The van der Waals surface area contributed by atoms with Crippen LogP contribution in [-0.4, -0.2) is 263 Å². The van der Waals surface area contributed by atoms with Gasteiger partial charge in [-0.05, 0) is 207 Å². The second kappa shape index (κ2) is 40.7. The van der Waals surface area contributed by atoms with Crippen molar-refractivity contribution in [3.05, 3.63) is 256 Å². The van der Waals surface area contributed by atoms with Gasteiger partial charge < -0.3 is 72.3 Å². The molecule has 12 aromatic rings. The number of aryl methyl sites for hydroxylation is 4. The highest BCUT2D eigenvalue weighted by Crippen LogP contribution is 2.46. The molecule has 0 bridgehead atoms. The Labute approximate surface area is 870 Å². The van der Waals surface area contributed by atoms with Gasteiger partial charge in [-0.1, -0.05) is 53.1 Å². The number of ether oxygens (including phenoxy) is 3. The third-order valence-electron chi connectivity index (χ3n) is 31.6. The van der Waals surface area contributed by atoms with E-state index >= 15 is 0 Å². The predicted octanol–water partition coefficient (Wildman–Crippen LogP) is 12.7. The summed E-state index contributed by atoms with van der Waals surface area (Å²) < 4.78 is 27.1. The first-order valence-electron chi connectivity index (χ1n) is 51.7. The van der Waals surface area contributed by atoms with E-state index < -0.39 is 0 Å². The number of fused-ring (bicyclic) bond motifs is 9. The number of piperazine rings is 3. The highest BCUT2D eigenvalue weighted by Gasteiger charge is 2.44. The van der Waals surface area contributed by atoms with Gasteiger partial charge in [0.2, 0.25) is 0 Å². The number of hydrogen-bond donors (Lipinski definition) is 3. The van der Waals surface area contributed by atoms with Crippen molar-refractivity contribution in [1.82, 2.24) is 72.0 Å². The molecule has 6 fully saturated rings. The summed E-state index contributed by atoms with van der Waals surface area (Å²) in [6.45, 7) is 39.4. The fourth-order valence-corrected chi connectivity index (χ4v) is 24.0. The number of carbonyl (C=O) groups is 6. The zero-order chi connectivity index (χ0) is 104. The third kappa shape index (κ3) is 19.9. The number of aldehydes is 3. The number of rotatable bonds is 20. The summed E-state index contributed by atoms with van der Waals surface area (Å²) in [5.74, 6) is 2.31. The number of nitrogens with one attached hydrogen (secondary N) is 3. The minimum atomic E-state index is -0.232. The van der Waals surface area contributed by atoms with E-state index in [4.69, 9.17) is 25.8 Å².